The summed E-state index contributed by atoms with van der Waals surface area (Å²) in [6.07, 6.45) is -6.00. The zero-order valence-corrected chi connectivity index (χ0v) is 11.9. The Hall–Kier alpha value is -1.92. The smallest absolute Gasteiger partial charge is 0.409 e. The number of carbonyl (C=O) groups is 1. The van der Waals surface area contributed by atoms with Gasteiger partial charge in [-0.3, -0.25) is 0 Å². The van der Waals surface area contributed by atoms with Gasteiger partial charge in [-0.1, -0.05) is 26.0 Å². The minimum atomic E-state index is -4.56. The molecule has 0 aliphatic carbocycles. The van der Waals surface area contributed by atoms with Crippen LogP contribution in [0.2, 0.25) is 0 Å². The summed E-state index contributed by atoms with van der Waals surface area (Å²) >= 11 is 0. The van der Waals surface area contributed by atoms with E-state index in [4.69, 9.17) is 10.5 Å². The Bertz CT molecular complexity index is 458. The molecule has 0 bridgehead atoms. The molecule has 0 heterocycles. The molecular weight excluding hydrogens is 285 g/mol. The maximum atomic E-state index is 12.9. The van der Waals surface area contributed by atoms with E-state index < -0.39 is 18.3 Å². The van der Waals surface area contributed by atoms with E-state index in [2.05, 4.69) is 0 Å². The highest BCUT2D eigenvalue weighted by atomic mass is 19.4. The first-order valence-corrected chi connectivity index (χ1v) is 6.53. The molecule has 1 aromatic rings. The van der Waals surface area contributed by atoms with Crippen LogP contribution in [-0.2, 0) is 11.2 Å². The number of benzene rings is 1. The molecule has 7 heteroatoms. The van der Waals surface area contributed by atoms with E-state index in [0.29, 0.717) is 11.3 Å². The minimum absolute atomic E-state index is 0.0529. The lowest BCUT2D eigenvalue weighted by molar-refractivity contribution is -0.154. The van der Waals surface area contributed by atoms with Crippen molar-refractivity contribution in [3.05, 3.63) is 29.8 Å². The molecule has 0 aliphatic heterocycles. The lowest BCUT2D eigenvalue weighted by atomic mass is 10.1. The van der Waals surface area contributed by atoms with Crippen molar-refractivity contribution in [3.63, 3.8) is 0 Å². The molecule has 1 unspecified atom stereocenters. The molecule has 0 aliphatic rings. The van der Waals surface area contributed by atoms with E-state index in [9.17, 15) is 18.0 Å². The standard InChI is InChI=1S/C14H19F3N2O2/c1-9(2)8-21-13(20)19-12(14(15,16)17)7-10-3-5-11(18)6-4-10/h3-6,9,12H,7-8,18H2,1-2H3,(H,19,20). The quantitative estimate of drug-likeness (QED) is 0.821. The van der Waals surface area contributed by atoms with Gasteiger partial charge < -0.3 is 15.8 Å². The first-order valence-electron chi connectivity index (χ1n) is 6.53. The monoisotopic (exact) mass is 304 g/mol. The van der Waals surface area contributed by atoms with Crippen molar-refractivity contribution in [1.82, 2.24) is 5.32 Å². The fourth-order valence-electron chi connectivity index (χ4n) is 1.56. The summed E-state index contributed by atoms with van der Waals surface area (Å²) in [6.45, 7) is 3.66. The van der Waals surface area contributed by atoms with E-state index >= 15 is 0 Å². The number of alkyl carbamates (subject to hydrolysis) is 1. The van der Waals surface area contributed by atoms with Crippen molar-refractivity contribution >= 4 is 11.8 Å². The second-order valence-corrected chi connectivity index (χ2v) is 5.18. The number of carbonyl (C=O) groups excluding carboxylic acids is 1. The summed E-state index contributed by atoms with van der Waals surface area (Å²) in [5.41, 5.74) is 6.37. The first kappa shape index (κ1) is 17.1. The number of alkyl halides is 3. The van der Waals surface area contributed by atoms with E-state index in [1.54, 1.807) is 13.8 Å². The summed E-state index contributed by atoms with van der Waals surface area (Å²) in [4.78, 5) is 11.4. The number of halogens is 3. The number of amides is 1. The highest BCUT2D eigenvalue weighted by Gasteiger charge is 2.41. The number of nitrogen functional groups attached to an aromatic ring is 1. The molecule has 0 aromatic heterocycles. The van der Waals surface area contributed by atoms with Gasteiger partial charge in [-0.05, 0) is 23.6 Å². The van der Waals surface area contributed by atoms with Gasteiger partial charge in [-0.15, -0.1) is 0 Å². The summed E-state index contributed by atoms with van der Waals surface area (Å²) in [5.74, 6) is 0.0529. The van der Waals surface area contributed by atoms with Gasteiger partial charge in [0.25, 0.3) is 0 Å². The van der Waals surface area contributed by atoms with Crippen LogP contribution in [-0.4, -0.2) is 24.9 Å². The van der Waals surface area contributed by atoms with E-state index in [0.717, 1.165) is 0 Å². The zero-order valence-electron chi connectivity index (χ0n) is 11.9. The van der Waals surface area contributed by atoms with Gasteiger partial charge in [-0.25, -0.2) is 4.79 Å². The average molecular weight is 304 g/mol. The normalized spacial score (nSPS) is 13.0. The second-order valence-electron chi connectivity index (χ2n) is 5.18. The van der Waals surface area contributed by atoms with Gasteiger partial charge in [0.2, 0.25) is 0 Å². The molecule has 21 heavy (non-hydrogen) atoms. The Balaban J connectivity index is 2.68. The number of anilines is 1. The minimum Gasteiger partial charge on any atom is -0.449 e. The Morgan fingerprint density at radius 2 is 1.86 bits per heavy atom. The Morgan fingerprint density at radius 3 is 2.33 bits per heavy atom. The highest BCUT2D eigenvalue weighted by molar-refractivity contribution is 5.67. The van der Waals surface area contributed by atoms with Crippen molar-refractivity contribution in [2.24, 2.45) is 5.92 Å². The molecule has 1 aromatic carbocycles. The maximum Gasteiger partial charge on any atom is 0.409 e. The SMILES string of the molecule is CC(C)COC(=O)NC(Cc1ccc(N)cc1)C(F)(F)F. The molecule has 4 nitrogen and oxygen atoms in total. The van der Waals surface area contributed by atoms with Crippen LogP contribution in [0.1, 0.15) is 19.4 Å². The third kappa shape index (κ3) is 6.37. The van der Waals surface area contributed by atoms with Gasteiger partial charge in [0, 0.05) is 12.1 Å². The molecule has 0 radical (unpaired) electrons. The van der Waals surface area contributed by atoms with Crippen LogP contribution >= 0.6 is 0 Å². The summed E-state index contributed by atoms with van der Waals surface area (Å²) in [5, 5.41) is 1.86. The lowest BCUT2D eigenvalue weighted by Crippen LogP contribution is -2.47. The molecular formula is C14H19F3N2O2. The molecule has 0 spiro atoms. The number of nitrogens with one attached hydrogen (secondary N) is 1. The number of nitrogens with two attached hydrogens (primary N) is 1. The lowest BCUT2D eigenvalue weighted by Gasteiger charge is -2.21. The molecule has 118 valence electrons. The predicted molar refractivity (Wildman–Crippen MR) is 73.7 cm³/mol. The van der Waals surface area contributed by atoms with Gasteiger partial charge in [-0.2, -0.15) is 13.2 Å². The largest absolute Gasteiger partial charge is 0.449 e. The molecule has 0 fully saturated rings. The Morgan fingerprint density at radius 1 is 1.29 bits per heavy atom. The number of hydrogen-bond acceptors (Lipinski definition) is 3. The van der Waals surface area contributed by atoms with E-state index in [-0.39, 0.29) is 18.9 Å². The van der Waals surface area contributed by atoms with Gasteiger partial charge in [0.15, 0.2) is 0 Å². The fourth-order valence-corrected chi connectivity index (χ4v) is 1.56. The third-order valence-electron chi connectivity index (χ3n) is 2.65. The molecule has 0 saturated heterocycles. The third-order valence-corrected chi connectivity index (χ3v) is 2.65. The van der Waals surface area contributed by atoms with Crippen LogP contribution in [0.5, 0.6) is 0 Å². The van der Waals surface area contributed by atoms with Crippen LogP contribution in [0, 0.1) is 5.92 Å². The molecule has 0 saturated carbocycles. The second kappa shape index (κ2) is 7.19. The molecule has 1 atom stereocenters. The van der Waals surface area contributed by atoms with Gasteiger partial charge >= 0.3 is 12.3 Å². The molecule has 1 rings (SSSR count). The zero-order chi connectivity index (χ0) is 16.0. The predicted octanol–water partition coefficient (Wildman–Crippen LogP) is 3.12. The van der Waals surface area contributed by atoms with Crippen molar-refractivity contribution in [1.29, 1.82) is 0 Å². The average Bonchev–Trinajstić information content (AvgIpc) is 2.37. The number of hydrogen-bond donors (Lipinski definition) is 2. The topological polar surface area (TPSA) is 64.3 Å². The first-order chi connectivity index (χ1) is 9.68. The van der Waals surface area contributed by atoms with Crippen LogP contribution in [0.25, 0.3) is 0 Å². The maximum absolute atomic E-state index is 12.9. The Labute approximate surface area is 121 Å². The van der Waals surface area contributed by atoms with Crippen molar-refractivity contribution < 1.29 is 22.7 Å². The van der Waals surface area contributed by atoms with Crippen LogP contribution < -0.4 is 11.1 Å². The van der Waals surface area contributed by atoms with Crippen molar-refractivity contribution in [3.8, 4) is 0 Å². The molecule has 3 N–H and O–H groups in total. The van der Waals surface area contributed by atoms with Crippen molar-refractivity contribution in [2.75, 3.05) is 12.3 Å². The van der Waals surface area contributed by atoms with Gasteiger partial charge in [0.05, 0.1) is 6.61 Å². The molecule has 1 amide bonds. The van der Waals surface area contributed by atoms with Crippen LogP contribution in [0.15, 0.2) is 24.3 Å². The summed E-state index contributed by atoms with van der Waals surface area (Å²) in [7, 11) is 0. The van der Waals surface area contributed by atoms with Crippen molar-refractivity contribution in [2.45, 2.75) is 32.5 Å². The van der Waals surface area contributed by atoms with E-state index in [1.165, 1.54) is 24.3 Å². The summed E-state index contributed by atoms with van der Waals surface area (Å²) < 4.78 is 43.6. The van der Waals surface area contributed by atoms with E-state index in [1.807, 2.05) is 5.32 Å². The highest BCUT2D eigenvalue weighted by Crippen LogP contribution is 2.23. The fraction of sp³-hybridized carbons (Fsp3) is 0.500. The van der Waals surface area contributed by atoms with Gasteiger partial charge in [0.1, 0.15) is 6.04 Å². The van der Waals surface area contributed by atoms with Crippen LogP contribution in [0.3, 0.4) is 0 Å². The Kier molecular flexibility index (Phi) is 5.87. The summed E-state index contributed by atoms with van der Waals surface area (Å²) in [6, 6.07) is 4.02. The van der Waals surface area contributed by atoms with Crippen LogP contribution in [0.4, 0.5) is 23.7 Å². The number of rotatable bonds is 5. The number of ether oxygens (including phenoxy) is 1.